The number of para-hydroxylation sites is 4. The van der Waals surface area contributed by atoms with Gasteiger partial charge < -0.3 is 4.74 Å². The fraction of sp³-hybridized carbons (Fsp3) is 0.111. The van der Waals surface area contributed by atoms with Gasteiger partial charge in [-0.15, -0.1) is 5.10 Å². The molecule has 0 fully saturated rings. The number of ether oxygens (including phenoxy) is 1. The van der Waals surface area contributed by atoms with E-state index in [2.05, 4.69) is 15.3 Å². The van der Waals surface area contributed by atoms with Crippen molar-refractivity contribution in [3.63, 3.8) is 0 Å². The van der Waals surface area contributed by atoms with E-state index in [0.717, 1.165) is 16.7 Å². The van der Waals surface area contributed by atoms with E-state index in [4.69, 9.17) is 4.74 Å². The van der Waals surface area contributed by atoms with Gasteiger partial charge in [-0.1, -0.05) is 29.5 Å². The van der Waals surface area contributed by atoms with Crippen LogP contribution in [0.1, 0.15) is 5.69 Å². The summed E-state index contributed by atoms with van der Waals surface area (Å²) in [5.74, 6) is 0.700. The van der Waals surface area contributed by atoms with Gasteiger partial charge in [-0.05, 0) is 24.3 Å². The maximum Gasteiger partial charge on any atom is 0.269 e. The average molecular weight is 333 g/mol. The van der Waals surface area contributed by atoms with E-state index >= 15 is 0 Å². The molecule has 7 nitrogen and oxygen atoms in total. The van der Waals surface area contributed by atoms with Crippen molar-refractivity contribution in [2.45, 2.75) is 6.54 Å². The van der Waals surface area contributed by atoms with E-state index < -0.39 is 0 Å². The largest absolute Gasteiger partial charge is 0.494 e. The van der Waals surface area contributed by atoms with Crippen LogP contribution in [-0.4, -0.2) is 31.7 Å². The molecule has 2 aromatic heterocycles. The standard InChI is InChI=1S/C18H15N5O2/c1-25-17-9-5-4-8-16(17)23-12-13(20-21-23)11-22-15-7-3-2-6-14(15)19-10-18(22)24/h2-10,12H,11H2,1H3. The number of rotatable bonds is 4. The third-order valence-electron chi connectivity index (χ3n) is 3.95. The number of benzene rings is 2. The molecule has 0 atom stereocenters. The molecule has 0 unspecified atom stereocenters. The van der Waals surface area contributed by atoms with Crippen molar-refractivity contribution in [3.8, 4) is 11.4 Å². The molecule has 7 heteroatoms. The highest BCUT2D eigenvalue weighted by molar-refractivity contribution is 5.74. The second-order valence-corrected chi connectivity index (χ2v) is 5.50. The molecule has 2 heterocycles. The van der Waals surface area contributed by atoms with E-state index in [9.17, 15) is 4.79 Å². The summed E-state index contributed by atoms with van der Waals surface area (Å²) in [5, 5.41) is 8.35. The minimum atomic E-state index is -0.175. The molecule has 0 aliphatic carbocycles. The molecule has 4 aromatic rings. The van der Waals surface area contributed by atoms with Crippen LogP contribution in [0.4, 0.5) is 0 Å². The molecule has 124 valence electrons. The lowest BCUT2D eigenvalue weighted by Gasteiger charge is -2.07. The molecular weight excluding hydrogens is 318 g/mol. The number of hydrogen-bond acceptors (Lipinski definition) is 5. The fourth-order valence-electron chi connectivity index (χ4n) is 2.75. The first kappa shape index (κ1) is 15.1. The lowest BCUT2D eigenvalue weighted by molar-refractivity contribution is 0.411. The quantitative estimate of drug-likeness (QED) is 0.571. The van der Waals surface area contributed by atoms with Crippen LogP contribution in [0.25, 0.3) is 16.7 Å². The SMILES string of the molecule is COc1ccccc1-n1cc(Cn2c(=O)cnc3ccccc32)nn1. The molecule has 2 aromatic carbocycles. The maximum absolute atomic E-state index is 12.2. The molecule has 0 saturated carbocycles. The van der Waals surface area contributed by atoms with Crippen molar-refractivity contribution in [3.05, 3.63) is 77.0 Å². The molecule has 0 aliphatic rings. The molecule has 0 aliphatic heterocycles. The number of hydrogen-bond donors (Lipinski definition) is 0. The summed E-state index contributed by atoms with van der Waals surface area (Å²) in [6, 6.07) is 15.1. The Kier molecular flexibility index (Phi) is 3.74. The zero-order valence-corrected chi connectivity index (χ0v) is 13.5. The van der Waals surface area contributed by atoms with Gasteiger partial charge in [0.1, 0.15) is 17.1 Å². The molecule has 0 radical (unpaired) electrons. The highest BCUT2D eigenvalue weighted by Crippen LogP contribution is 2.21. The van der Waals surface area contributed by atoms with Crippen LogP contribution in [-0.2, 0) is 6.54 Å². The molecule has 4 rings (SSSR count). The molecule has 0 bridgehead atoms. The normalized spacial score (nSPS) is 10.9. The Labute approximate surface area is 143 Å². The fourth-order valence-corrected chi connectivity index (χ4v) is 2.75. The minimum absolute atomic E-state index is 0.175. The molecule has 0 spiro atoms. The topological polar surface area (TPSA) is 74.8 Å². The first-order chi connectivity index (χ1) is 12.3. The van der Waals surface area contributed by atoms with Gasteiger partial charge in [0.05, 0.1) is 37.1 Å². The van der Waals surface area contributed by atoms with Crippen molar-refractivity contribution >= 4 is 11.0 Å². The maximum atomic E-state index is 12.2. The Morgan fingerprint density at radius 1 is 1.08 bits per heavy atom. The van der Waals surface area contributed by atoms with Crippen LogP contribution in [0.2, 0.25) is 0 Å². The van der Waals surface area contributed by atoms with Gasteiger partial charge in [0, 0.05) is 0 Å². The predicted octanol–water partition coefficient (Wildman–Crippen LogP) is 2.03. The highest BCUT2D eigenvalue weighted by Gasteiger charge is 2.10. The third kappa shape index (κ3) is 2.76. The van der Waals surface area contributed by atoms with Crippen LogP contribution >= 0.6 is 0 Å². The summed E-state index contributed by atoms with van der Waals surface area (Å²) in [7, 11) is 1.61. The number of aromatic nitrogens is 5. The summed E-state index contributed by atoms with van der Waals surface area (Å²) in [5.41, 5.74) is 2.81. The molecular formula is C18H15N5O2. The number of fused-ring (bicyclic) bond motifs is 1. The van der Waals surface area contributed by atoms with Gasteiger partial charge in [0.25, 0.3) is 5.56 Å². The molecule has 0 saturated heterocycles. The Hall–Kier alpha value is -3.48. The monoisotopic (exact) mass is 333 g/mol. The smallest absolute Gasteiger partial charge is 0.269 e. The van der Waals surface area contributed by atoms with Gasteiger partial charge in [0.2, 0.25) is 0 Å². The Morgan fingerprint density at radius 3 is 2.76 bits per heavy atom. The van der Waals surface area contributed by atoms with E-state index in [1.165, 1.54) is 6.20 Å². The van der Waals surface area contributed by atoms with Crippen molar-refractivity contribution in [2.75, 3.05) is 7.11 Å². The van der Waals surface area contributed by atoms with Crippen LogP contribution in [0, 0.1) is 0 Å². The highest BCUT2D eigenvalue weighted by atomic mass is 16.5. The predicted molar refractivity (Wildman–Crippen MR) is 93.0 cm³/mol. The van der Waals surface area contributed by atoms with Crippen LogP contribution < -0.4 is 10.3 Å². The summed E-state index contributed by atoms with van der Waals surface area (Å²) >= 11 is 0. The lowest BCUT2D eigenvalue weighted by Crippen LogP contribution is -2.21. The molecule has 0 amide bonds. The average Bonchev–Trinajstić information content (AvgIpc) is 3.12. The first-order valence-corrected chi connectivity index (χ1v) is 7.75. The Bertz CT molecular complexity index is 1100. The summed E-state index contributed by atoms with van der Waals surface area (Å²) in [6.45, 7) is 0.316. The minimum Gasteiger partial charge on any atom is -0.494 e. The molecule has 0 N–H and O–H groups in total. The van der Waals surface area contributed by atoms with Gasteiger partial charge in [0.15, 0.2) is 0 Å². The number of nitrogens with zero attached hydrogens (tertiary/aromatic N) is 5. The van der Waals surface area contributed by atoms with Crippen LogP contribution in [0.15, 0.2) is 65.7 Å². The second-order valence-electron chi connectivity index (χ2n) is 5.50. The van der Waals surface area contributed by atoms with Crippen LogP contribution in [0.3, 0.4) is 0 Å². The van der Waals surface area contributed by atoms with E-state index in [0.29, 0.717) is 18.0 Å². The van der Waals surface area contributed by atoms with Gasteiger partial charge in [-0.2, -0.15) is 0 Å². The zero-order chi connectivity index (χ0) is 17.2. The van der Waals surface area contributed by atoms with Crippen molar-refractivity contribution < 1.29 is 4.74 Å². The van der Waals surface area contributed by atoms with Crippen LogP contribution in [0.5, 0.6) is 5.75 Å². The van der Waals surface area contributed by atoms with Gasteiger partial charge in [-0.3, -0.25) is 9.36 Å². The first-order valence-electron chi connectivity index (χ1n) is 7.75. The number of methoxy groups -OCH3 is 1. The van der Waals surface area contributed by atoms with Gasteiger partial charge in [-0.25, -0.2) is 9.67 Å². The zero-order valence-electron chi connectivity index (χ0n) is 13.5. The van der Waals surface area contributed by atoms with Gasteiger partial charge >= 0.3 is 0 Å². The third-order valence-corrected chi connectivity index (χ3v) is 3.95. The summed E-state index contributed by atoms with van der Waals surface area (Å²) in [6.07, 6.45) is 3.12. The second kappa shape index (κ2) is 6.20. The molecule has 25 heavy (non-hydrogen) atoms. The van der Waals surface area contributed by atoms with Crippen molar-refractivity contribution in [2.24, 2.45) is 0 Å². The van der Waals surface area contributed by atoms with E-state index in [-0.39, 0.29) is 5.56 Å². The van der Waals surface area contributed by atoms with E-state index in [1.54, 1.807) is 22.6 Å². The van der Waals surface area contributed by atoms with Crippen molar-refractivity contribution in [1.29, 1.82) is 0 Å². The van der Waals surface area contributed by atoms with Crippen molar-refractivity contribution in [1.82, 2.24) is 24.5 Å². The van der Waals surface area contributed by atoms with E-state index in [1.807, 2.05) is 48.5 Å². The summed E-state index contributed by atoms with van der Waals surface area (Å²) in [4.78, 5) is 16.4. The summed E-state index contributed by atoms with van der Waals surface area (Å²) < 4.78 is 8.63. The lowest BCUT2D eigenvalue weighted by atomic mass is 10.3. The Balaban J connectivity index is 1.73. The Morgan fingerprint density at radius 2 is 1.88 bits per heavy atom.